The van der Waals surface area contributed by atoms with E-state index in [0.717, 1.165) is 12.5 Å². The van der Waals surface area contributed by atoms with Crippen LogP contribution in [-0.2, 0) is 4.74 Å². The monoisotopic (exact) mass is 240 g/mol. The Kier molecular flexibility index (Phi) is 4.83. The Morgan fingerprint density at radius 3 is 2.47 bits per heavy atom. The predicted molar refractivity (Wildman–Crippen MR) is 71.3 cm³/mol. The molecule has 0 saturated carbocycles. The molecule has 2 rings (SSSR count). The van der Waals surface area contributed by atoms with E-state index >= 15 is 0 Å². The topological polar surface area (TPSA) is 24.5 Å². The van der Waals surface area contributed by atoms with Crippen molar-refractivity contribution < 1.29 is 4.74 Å². The lowest BCUT2D eigenvalue weighted by atomic mass is 9.90. The van der Waals surface area contributed by atoms with Gasteiger partial charge in [-0.2, -0.15) is 0 Å². The van der Waals surface area contributed by atoms with Gasteiger partial charge in [0.05, 0.1) is 12.2 Å². The van der Waals surface area contributed by atoms with Crippen molar-refractivity contribution in [1.29, 1.82) is 0 Å². The van der Waals surface area contributed by atoms with E-state index in [4.69, 9.17) is 4.74 Å². The van der Waals surface area contributed by atoms with E-state index in [1.54, 1.807) is 0 Å². The maximum absolute atomic E-state index is 5.91. The number of rotatable bonds is 4. The maximum Gasteiger partial charge on any atom is 0.0706 e. The Morgan fingerprint density at radius 1 is 1.24 bits per heavy atom. The molecule has 0 amide bonds. The van der Waals surface area contributed by atoms with Crippen molar-refractivity contribution in [3.05, 3.63) is 0 Å². The molecule has 3 atom stereocenters. The van der Waals surface area contributed by atoms with Crippen LogP contribution in [0, 0.1) is 5.92 Å². The molecule has 0 aromatic rings. The summed E-state index contributed by atoms with van der Waals surface area (Å²) in [4.78, 5) is 2.60. The zero-order chi connectivity index (χ0) is 12.3. The second kappa shape index (κ2) is 6.17. The number of piperidine rings is 1. The average Bonchev–Trinajstić information content (AvgIpc) is 2.75. The summed E-state index contributed by atoms with van der Waals surface area (Å²) in [7, 11) is 2.07. The van der Waals surface area contributed by atoms with E-state index < -0.39 is 0 Å². The first-order valence-electron chi connectivity index (χ1n) is 7.24. The third-order valence-electron chi connectivity index (χ3n) is 4.58. The lowest BCUT2D eigenvalue weighted by molar-refractivity contribution is 0.0226. The van der Waals surface area contributed by atoms with Crippen LogP contribution < -0.4 is 5.32 Å². The van der Waals surface area contributed by atoms with E-state index in [2.05, 4.69) is 31.1 Å². The van der Waals surface area contributed by atoms with Gasteiger partial charge in [-0.25, -0.2) is 0 Å². The maximum atomic E-state index is 5.91. The molecule has 2 aliphatic heterocycles. The third-order valence-corrected chi connectivity index (χ3v) is 4.58. The van der Waals surface area contributed by atoms with Crippen LogP contribution in [0.5, 0.6) is 0 Å². The number of hydrogen-bond acceptors (Lipinski definition) is 3. The fourth-order valence-corrected chi connectivity index (χ4v) is 3.18. The lowest BCUT2D eigenvalue weighted by Gasteiger charge is -2.35. The molecule has 2 fully saturated rings. The Hall–Kier alpha value is -0.120. The van der Waals surface area contributed by atoms with Crippen molar-refractivity contribution in [3.8, 4) is 0 Å². The van der Waals surface area contributed by atoms with E-state index in [-0.39, 0.29) is 0 Å². The Morgan fingerprint density at radius 2 is 1.94 bits per heavy atom. The molecule has 2 heterocycles. The number of ether oxygens (including phenoxy) is 1. The highest BCUT2D eigenvalue weighted by Crippen LogP contribution is 2.24. The van der Waals surface area contributed by atoms with Crippen molar-refractivity contribution in [2.24, 2.45) is 5.92 Å². The summed E-state index contributed by atoms with van der Waals surface area (Å²) < 4.78 is 5.91. The summed E-state index contributed by atoms with van der Waals surface area (Å²) in [5.74, 6) is 0.861. The van der Waals surface area contributed by atoms with Crippen molar-refractivity contribution in [2.45, 2.75) is 57.8 Å². The highest BCUT2D eigenvalue weighted by molar-refractivity contribution is 4.81. The van der Waals surface area contributed by atoms with E-state index in [1.807, 2.05) is 0 Å². The Bertz CT molecular complexity index is 226. The van der Waals surface area contributed by atoms with Gasteiger partial charge < -0.3 is 15.0 Å². The minimum atomic E-state index is 0.488. The highest BCUT2D eigenvalue weighted by atomic mass is 16.5. The molecule has 100 valence electrons. The van der Waals surface area contributed by atoms with E-state index in [9.17, 15) is 0 Å². The first-order valence-corrected chi connectivity index (χ1v) is 7.24. The van der Waals surface area contributed by atoms with Gasteiger partial charge in [-0.05, 0) is 65.6 Å². The zero-order valence-electron chi connectivity index (χ0n) is 11.6. The van der Waals surface area contributed by atoms with Crippen molar-refractivity contribution in [2.75, 3.05) is 26.7 Å². The molecule has 0 radical (unpaired) electrons. The Balaban J connectivity index is 1.68. The summed E-state index contributed by atoms with van der Waals surface area (Å²) in [5, 5.41) is 3.39. The van der Waals surface area contributed by atoms with Crippen LogP contribution in [0.3, 0.4) is 0 Å². The van der Waals surface area contributed by atoms with Crippen LogP contribution in [0.4, 0.5) is 0 Å². The van der Waals surface area contributed by atoms with Gasteiger partial charge in [-0.15, -0.1) is 0 Å². The SMILES string of the molecule is CNC(C)C1CCN(CC2CCC(C)O2)CC1. The predicted octanol–water partition coefficient (Wildman–Crippen LogP) is 1.87. The zero-order valence-corrected chi connectivity index (χ0v) is 11.6. The van der Waals surface area contributed by atoms with Crippen LogP contribution in [0.2, 0.25) is 0 Å². The molecule has 3 unspecified atom stereocenters. The van der Waals surface area contributed by atoms with Crippen molar-refractivity contribution >= 4 is 0 Å². The van der Waals surface area contributed by atoms with Gasteiger partial charge in [0.15, 0.2) is 0 Å². The third kappa shape index (κ3) is 3.67. The summed E-state index contributed by atoms with van der Waals surface area (Å²) in [6.07, 6.45) is 6.17. The molecule has 0 aromatic carbocycles. The molecule has 2 aliphatic rings. The van der Waals surface area contributed by atoms with Crippen molar-refractivity contribution in [3.63, 3.8) is 0 Å². The number of likely N-dealkylation sites (tertiary alicyclic amines) is 1. The van der Waals surface area contributed by atoms with Crippen LogP contribution in [-0.4, -0.2) is 49.8 Å². The van der Waals surface area contributed by atoms with Gasteiger partial charge in [-0.3, -0.25) is 0 Å². The molecule has 0 aromatic heterocycles. The van der Waals surface area contributed by atoms with Crippen LogP contribution in [0.1, 0.15) is 39.5 Å². The van der Waals surface area contributed by atoms with Gasteiger partial charge >= 0.3 is 0 Å². The summed E-state index contributed by atoms with van der Waals surface area (Å²) in [6, 6.07) is 0.667. The van der Waals surface area contributed by atoms with Gasteiger partial charge in [0.1, 0.15) is 0 Å². The van der Waals surface area contributed by atoms with E-state index in [1.165, 1.54) is 38.8 Å². The van der Waals surface area contributed by atoms with Gasteiger partial charge in [0.25, 0.3) is 0 Å². The molecule has 0 aliphatic carbocycles. The van der Waals surface area contributed by atoms with Crippen LogP contribution in [0.15, 0.2) is 0 Å². The molecular formula is C14H28N2O. The standard InChI is InChI=1S/C14H28N2O/c1-11-4-5-14(17-11)10-16-8-6-13(7-9-16)12(2)15-3/h11-15H,4-10H2,1-3H3. The molecule has 0 bridgehead atoms. The van der Waals surface area contributed by atoms with Crippen LogP contribution in [0.25, 0.3) is 0 Å². The molecule has 1 N–H and O–H groups in total. The minimum Gasteiger partial charge on any atom is -0.374 e. The molecule has 17 heavy (non-hydrogen) atoms. The van der Waals surface area contributed by atoms with Crippen molar-refractivity contribution in [1.82, 2.24) is 10.2 Å². The number of nitrogens with zero attached hydrogens (tertiary/aromatic N) is 1. The lowest BCUT2D eigenvalue weighted by Crippen LogP contribution is -2.43. The molecule has 2 saturated heterocycles. The van der Waals surface area contributed by atoms with Crippen LogP contribution >= 0.6 is 0 Å². The molecule has 3 nitrogen and oxygen atoms in total. The van der Waals surface area contributed by atoms with Gasteiger partial charge in [0, 0.05) is 12.6 Å². The normalized spacial score (nSPS) is 34.1. The smallest absolute Gasteiger partial charge is 0.0706 e. The quantitative estimate of drug-likeness (QED) is 0.812. The molecular weight excluding hydrogens is 212 g/mol. The second-order valence-electron chi connectivity index (χ2n) is 5.86. The van der Waals surface area contributed by atoms with Gasteiger partial charge in [-0.1, -0.05) is 0 Å². The highest BCUT2D eigenvalue weighted by Gasteiger charge is 2.27. The van der Waals surface area contributed by atoms with Gasteiger partial charge in [0.2, 0.25) is 0 Å². The van der Waals surface area contributed by atoms with E-state index in [0.29, 0.717) is 18.2 Å². The first kappa shape index (κ1) is 13.3. The largest absolute Gasteiger partial charge is 0.374 e. The fourth-order valence-electron chi connectivity index (χ4n) is 3.18. The minimum absolute atomic E-state index is 0.488. The summed E-state index contributed by atoms with van der Waals surface area (Å²) in [5.41, 5.74) is 0. The second-order valence-corrected chi connectivity index (χ2v) is 5.86. The number of hydrogen-bond donors (Lipinski definition) is 1. The molecule has 3 heteroatoms. The first-order chi connectivity index (χ1) is 8.19. The summed E-state index contributed by atoms with van der Waals surface area (Å²) in [6.45, 7) is 8.17. The number of nitrogens with one attached hydrogen (secondary N) is 1. The molecule has 0 spiro atoms. The average molecular weight is 240 g/mol. The summed E-state index contributed by atoms with van der Waals surface area (Å²) >= 11 is 0. The Labute approximate surface area is 106 Å². The fraction of sp³-hybridized carbons (Fsp3) is 1.00.